The summed E-state index contributed by atoms with van der Waals surface area (Å²) < 4.78 is 31.4. The molecule has 2 aromatic rings. The highest BCUT2D eigenvalue weighted by molar-refractivity contribution is 5.45. The standard InChI is InChI=1S/C15H15F2NO/c1-19-10-12-4-2-11(3-5-12)9-18-15-8-13(16)6-7-14(15)17/h2-8,18H,9-10H2,1H3. The van der Waals surface area contributed by atoms with Crippen molar-refractivity contribution in [2.24, 2.45) is 0 Å². The van der Waals surface area contributed by atoms with E-state index in [2.05, 4.69) is 5.32 Å². The Bertz CT molecular complexity index is 540. The Labute approximate surface area is 111 Å². The molecule has 0 aliphatic rings. The molecule has 0 fully saturated rings. The van der Waals surface area contributed by atoms with Gasteiger partial charge < -0.3 is 10.1 Å². The first-order valence-electron chi connectivity index (χ1n) is 5.94. The summed E-state index contributed by atoms with van der Waals surface area (Å²) in [5.41, 5.74) is 2.23. The second-order valence-electron chi connectivity index (χ2n) is 4.23. The van der Waals surface area contributed by atoms with Crippen molar-refractivity contribution in [1.29, 1.82) is 0 Å². The fraction of sp³-hybridized carbons (Fsp3) is 0.200. The smallest absolute Gasteiger partial charge is 0.146 e. The predicted molar refractivity (Wildman–Crippen MR) is 70.8 cm³/mol. The van der Waals surface area contributed by atoms with Crippen LogP contribution in [0.25, 0.3) is 0 Å². The molecule has 0 saturated heterocycles. The Balaban J connectivity index is 2.00. The molecule has 0 amide bonds. The minimum Gasteiger partial charge on any atom is -0.380 e. The highest BCUT2D eigenvalue weighted by Gasteiger charge is 2.03. The molecule has 0 aliphatic carbocycles. The van der Waals surface area contributed by atoms with E-state index >= 15 is 0 Å². The summed E-state index contributed by atoms with van der Waals surface area (Å²) in [6.45, 7) is 1.000. The zero-order valence-corrected chi connectivity index (χ0v) is 10.6. The van der Waals surface area contributed by atoms with Crippen LogP contribution in [-0.4, -0.2) is 7.11 Å². The maximum atomic E-state index is 13.4. The molecule has 0 bridgehead atoms. The van der Waals surface area contributed by atoms with Crippen molar-refractivity contribution in [2.45, 2.75) is 13.2 Å². The minimum atomic E-state index is -0.461. The van der Waals surface area contributed by atoms with E-state index in [1.54, 1.807) is 7.11 Å². The molecular formula is C15H15F2NO. The summed E-state index contributed by atoms with van der Waals surface area (Å²) in [6, 6.07) is 11.1. The molecule has 1 N–H and O–H groups in total. The first kappa shape index (κ1) is 13.5. The van der Waals surface area contributed by atoms with E-state index in [-0.39, 0.29) is 5.69 Å². The number of nitrogens with one attached hydrogen (secondary N) is 1. The predicted octanol–water partition coefficient (Wildman–Crippen LogP) is 3.72. The van der Waals surface area contributed by atoms with Crippen molar-refractivity contribution in [3.8, 4) is 0 Å². The van der Waals surface area contributed by atoms with Crippen LogP contribution in [0.1, 0.15) is 11.1 Å². The van der Waals surface area contributed by atoms with Gasteiger partial charge in [-0.15, -0.1) is 0 Å². The van der Waals surface area contributed by atoms with Gasteiger partial charge in [0, 0.05) is 13.7 Å². The zero-order valence-electron chi connectivity index (χ0n) is 10.6. The lowest BCUT2D eigenvalue weighted by Crippen LogP contribution is -2.02. The van der Waals surface area contributed by atoms with Gasteiger partial charge in [-0.2, -0.15) is 0 Å². The molecule has 0 heterocycles. The van der Waals surface area contributed by atoms with E-state index in [9.17, 15) is 8.78 Å². The molecule has 0 radical (unpaired) electrons. The topological polar surface area (TPSA) is 21.3 Å². The van der Waals surface area contributed by atoms with Gasteiger partial charge in [0.25, 0.3) is 0 Å². The summed E-state index contributed by atoms with van der Waals surface area (Å²) in [6.07, 6.45) is 0. The summed E-state index contributed by atoms with van der Waals surface area (Å²) >= 11 is 0. The van der Waals surface area contributed by atoms with E-state index in [0.717, 1.165) is 29.3 Å². The molecule has 0 saturated carbocycles. The molecule has 2 aromatic carbocycles. The van der Waals surface area contributed by atoms with Crippen molar-refractivity contribution < 1.29 is 13.5 Å². The van der Waals surface area contributed by atoms with Gasteiger partial charge in [0.1, 0.15) is 11.6 Å². The minimum absolute atomic E-state index is 0.168. The zero-order chi connectivity index (χ0) is 13.7. The Morgan fingerprint density at radius 2 is 1.68 bits per heavy atom. The second kappa shape index (κ2) is 6.29. The monoisotopic (exact) mass is 263 g/mol. The summed E-state index contributed by atoms with van der Waals surface area (Å²) in [5.74, 6) is -0.920. The summed E-state index contributed by atoms with van der Waals surface area (Å²) in [4.78, 5) is 0. The molecule has 4 heteroatoms. The molecule has 0 spiro atoms. The van der Waals surface area contributed by atoms with Gasteiger partial charge in [-0.25, -0.2) is 8.78 Å². The number of rotatable bonds is 5. The van der Waals surface area contributed by atoms with Gasteiger partial charge in [-0.1, -0.05) is 24.3 Å². The molecule has 0 aliphatic heterocycles. The van der Waals surface area contributed by atoms with Crippen LogP contribution in [0.15, 0.2) is 42.5 Å². The Morgan fingerprint density at radius 3 is 2.37 bits per heavy atom. The molecule has 100 valence electrons. The van der Waals surface area contributed by atoms with E-state index in [1.807, 2.05) is 24.3 Å². The second-order valence-corrected chi connectivity index (χ2v) is 4.23. The maximum absolute atomic E-state index is 13.4. The van der Waals surface area contributed by atoms with Crippen LogP contribution >= 0.6 is 0 Å². The number of hydrogen-bond donors (Lipinski definition) is 1. The first-order chi connectivity index (χ1) is 9.19. The van der Waals surface area contributed by atoms with Crippen LogP contribution in [0.3, 0.4) is 0 Å². The maximum Gasteiger partial charge on any atom is 0.146 e. The molecule has 19 heavy (non-hydrogen) atoms. The fourth-order valence-corrected chi connectivity index (χ4v) is 1.75. The number of benzene rings is 2. The van der Waals surface area contributed by atoms with Gasteiger partial charge in [-0.05, 0) is 29.3 Å². The third-order valence-electron chi connectivity index (χ3n) is 2.75. The average molecular weight is 263 g/mol. The number of anilines is 1. The van der Waals surface area contributed by atoms with Crippen molar-refractivity contribution in [3.05, 3.63) is 65.2 Å². The van der Waals surface area contributed by atoms with Crippen LogP contribution in [-0.2, 0) is 17.9 Å². The molecule has 0 aromatic heterocycles. The van der Waals surface area contributed by atoms with Crippen LogP contribution < -0.4 is 5.32 Å². The van der Waals surface area contributed by atoms with E-state index in [4.69, 9.17) is 4.74 Å². The number of hydrogen-bond acceptors (Lipinski definition) is 2. The van der Waals surface area contributed by atoms with Crippen LogP contribution in [0.2, 0.25) is 0 Å². The Morgan fingerprint density at radius 1 is 1.00 bits per heavy atom. The van der Waals surface area contributed by atoms with Crippen molar-refractivity contribution in [2.75, 3.05) is 12.4 Å². The summed E-state index contributed by atoms with van der Waals surface area (Å²) in [7, 11) is 1.64. The molecule has 0 atom stereocenters. The third kappa shape index (κ3) is 3.76. The molecule has 2 rings (SSSR count). The van der Waals surface area contributed by atoms with Crippen molar-refractivity contribution >= 4 is 5.69 Å². The van der Waals surface area contributed by atoms with Gasteiger partial charge in [-0.3, -0.25) is 0 Å². The Kier molecular flexibility index (Phi) is 4.47. The highest BCUT2D eigenvalue weighted by Crippen LogP contribution is 2.16. The largest absolute Gasteiger partial charge is 0.380 e. The SMILES string of the molecule is COCc1ccc(CNc2cc(F)ccc2F)cc1. The highest BCUT2D eigenvalue weighted by atomic mass is 19.1. The van der Waals surface area contributed by atoms with Crippen LogP contribution in [0.5, 0.6) is 0 Å². The lowest BCUT2D eigenvalue weighted by Gasteiger charge is -2.08. The quantitative estimate of drug-likeness (QED) is 0.887. The van der Waals surface area contributed by atoms with Crippen LogP contribution in [0, 0.1) is 11.6 Å². The number of halogens is 2. The van der Waals surface area contributed by atoms with Crippen LogP contribution in [0.4, 0.5) is 14.5 Å². The average Bonchev–Trinajstić information content (AvgIpc) is 2.42. The first-order valence-corrected chi connectivity index (χ1v) is 5.94. The fourth-order valence-electron chi connectivity index (χ4n) is 1.75. The van der Waals surface area contributed by atoms with Gasteiger partial charge in [0.2, 0.25) is 0 Å². The lowest BCUT2D eigenvalue weighted by atomic mass is 10.1. The molecule has 0 unspecified atom stereocenters. The van der Waals surface area contributed by atoms with Crippen molar-refractivity contribution in [1.82, 2.24) is 0 Å². The Hall–Kier alpha value is -1.94. The number of methoxy groups -OCH3 is 1. The van der Waals surface area contributed by atoms with E-state index in [0.29, 0.717) is 13.2 Å². The molecule has 2 nitrogen and oxygen atoms in total. The molecular weight excluding hydrogens is 248 g/mol. The lowest BCUT2D eigenvalue weighted by molar-refractivity contribution is 0.185. The number of ether oxygens (including phenoxy) is 1. The normalized spacial score (nSPS) is 10.5. The van der Waals surface area contributed by atoms with Gasteiger partial charge in [0.15, 0.2) is 0 Å². The van der Waals surface area contributed by atoms with Gasteiger partial charge >= 0.3 is 0 Å². The van der Waals surface area contributed by atoms with E-state index < -0.39 is 11.6 Å². The summed E-state index contributed by atoms with van der Waals surface area (Å²) in [5, 5.41) is 2.88. The van der Waals surface area contributed by atoms with Gasteiger partial charge in [0.05, 0.1) is 12.3 Å². The van der Waals surface area contributed by atoms with Crippen molar-refractivity contribution in [3.63, 3.8) is 0 Å². The van der Waals surface area contributed by atoms with E-state index in [1.165, 1.54) is 0 Å². The third-order valence-corrected chi connectivity index (χ3v) is 2.75.